The molecule has 0 aromatic heterocycles. The normalized spacial score (nSPS) is 11.6. The van der Waals surface area contributed by atoms with Gasteiger partial charge in [-0.25, -0.2) is 0 Å². The molecule has 0 aliphatic rings. The molecule has 27 heavy (non-hydrogen) atoms. The summed E-state index contributed by atoms with van der Waals surface area (Å²) in [6.07, 6.45) is 0. The van der Waals surface area contributed by atoms with E-state index in [-0.39, 0.29) is 0 Å². The molecule has 2 rings (SSSR count). The number of para-hydroxylation sites is 2. The lowest BCUT2D eigenvalue weighted by Crippen LogP contribution is -2.30. The summed E-state index contributed by atoms with van der Waals surface area (Å²) >= 11 is 0. The van der Waals surface area contributed by atoms with Crippen molar-refractivity contribution < 1.29 is 29.1 Å². The van der Waals surface area contributed by atoms with Gasteiger partial charge in [0.05, 0.1) is 10.8 Å². The molecule has 2 aromatic carbocycles. The standard InChI is InChI=1S/C20H22BO6/c1-19(2,17(22)23)13-9-5-7-11-15(13)26-21-27-16-12-8-6-10-14(16)20(3,4)18(24)25/h5-12H,1-4H3,(H,22,23)(H,24,25). The predicted molar refractivity (Wildman–Crippen MR) is 101 cm³/mol. The Morgan fingerprint density at radius 2 is 1.07 bits per heavy atom. The van der Waals surface area contributed by atoms with E-state index in [1.54, 1.807) is 76.2 Å². The Morgan fingerprint density at radius 1 is 0.741 bits per heavy atom. The molecule has 1 radical (unpaired) electrons. The average Bonchev–Trinajstić information content (AvgIpc) is 2.62. The maximum atomic E-state index is 11.5. The van der Waals surface area contributed by atoms with Crippen LogP contribution in [0.3, 0.4) is 0 Å². The predicted octanol–water partition coefficient (Wildman–Crippen LogP) is 3.40. The lowest BCUT2D eigenvalue weighted by atomic mass is 9.84. The summed E-state index contributed by atoms with van der Waals surface area (Å²) in [6, 6.07) is 13.6. The van der Waals surface area contributed by atoms with Crippen molar-refractivity contribution >= 4 is 19.6 Å². The molecule has 0 unspecified atom stereocenters. The van der Waals surface area contributed by atoms with Crippen molar-refractivity contribution in [2.24, 2.45) is 0 Å². The largest absolute Gasteiger partial charge is 0.658 e. The Morgan fingerprint density at radius 3 is 1.41 bits per heavy atom. The summed E-state index contributed by atoms with van der Waals surface area (Å²) < 4.78 is 11.1. The van der Waals surface area contributed by atoms with E-state index >= 15 is 0 Å². The highest BCUT2D eigenvalue weighted by molar-refractivity contribution is 6.21. The van der Waals surface area contributed by atoms with Crippen LogP contribution in [0.5, 0.6) is 11.5 Å². The van der Waals surface area contributed by atoms with Crippen molar-refractivity contribution in [3.8, 4) is 11.5 Å². The zero-order valence-corrected chi connectivity index (χ0v) is 15.7. The second kappa shape index (κ2) is 7.74. The van der Waals surface area contributed by atoms with Crippen LogP contribution in [0.4, 0.5) is 0 Å². The van der Waals surface area contributed by atoms with Gasteiger partial charge in [0.15, 0.2) is 0 Å². The molecule has 2 aromatic rings. The lowest BCUT2D eigenvalue weighted by molar-refractivity contribution is -0.143. The van der Waals surface area contributed by atoms with Gasteiger partial charge < -0.3 is 19.5 Å². The van der Waals surface area contributed by atoms with Crippen molar-refractivity contribution in [2.45, 2.75) is 38.5 Å². The zero-order chi connectivity index (χ0) is 20.2. The lowest BCUT2D eigenvalue weighted by Gasteiger charge is -2.24. The first-order valence-corrected chi connectivity index (χ1v) is 8.39. The molecule has 0 saturated carbocycles. The number of hydrogen-bond donors (Lipinski definition) is 2. The quantitative estimate of drug-likeness (QED) is 0.693. The van der Waals surface area contributed by atoms with Gasteiger partial charge in [0.2, 0.25) is 0 Å². The monoisotopic (exact) mass is 369 g/mol. The number of benzene rings is 2. The highest BCUT2D eigenvalue weighted by Crippen LogP contribution is 2.33. The van der Waals surface area contributed by atoms with E-state index in [9.17, 15) is 19.8 Å². The maximum absolute atomic E-state index is 11.5. The number of hydrogen-bond acceptors (Lipinski definition) is 4. The number of carboxylic acid groups (broad SMARTS) is 2. The van der Waals surface area contributed by atoms with Crippen LogP contribution in [-0.4, -0.2) is 29.8 Å². The first-order chi connectivity index (χ1) is 12.6. The Balaban J connectivity index is 2.20. The van der Waals surface area contributed by atoms with Crippen LogP contribution in [0.2, 0.25) is 0 Å². The van der Waals surface area contributed by atoms with Crippen molar-refractivity contribution in [1.29, 1.82) is 0 Å². The van der Waals surface area contributed by atoms with Crippen LogP contribution >= 0.6 is 0 Å². The van der Waals surface area contributed by atoms with Crippen LogP contribution in [-0.2, 0) is 20.4 Å². The summed E-state index contributed by atoms with van der Waals surface area (Å²) in [5, 5.41) is 18.9. The fraction of sp³-hybridized carbons (Fsp3) is 0.300. The molecular weight excluding hydrogens is 347 g/mol. The molecule has 6 nitrogen and oxygen atoms in total. The van der Waals surface area contributed by atoms with E-state index in [1.807, 2.05) is 0 Å². The fourth-order valence-electron chi connectivity index (χ4n) is 2.53. The summed E-state index contributed by atoms with van der Waals surface area (Å²) in [7, 11) is 1.08. The van der Waals surface area contributed by atoms with Gasteiger partial charge in [-0.1, -0.05) is 36.4 Å². The number of carbonyl (C=O) groups is 2. The molecule has 0 aliphatic heterocycles. The third-order valence-electron chi connectivity index (χ3n) is 4.54. The number of aliphatic carboxylic acids is 2. The van der Waals surface area contributed by atoms with Gasteiger partial charge in [0, 0.05) is 11.1 Å². The summed E-state index contributed by atoms with van der Waals surface area (Å²) in [4.78, 5) is 23.1. The smallest absolute Gasteiger partial charge is 0.526 e. The minimum absolute atomic E-state index is 0.347. The van der Waals surface area contributed by atoms with Crippen LogP contribution in [0.25, 0.3) is 0 Å². The molecule has 2 N–H and O–H groups in total. The highest BCUT2D eigenvalue weighted by atomic mass is 16.6. The molecule has 0 heterocycles. The molecule has 0 atom stereocenters. The Labute approximate surface area is 159 Å². The molecule has 141 valence electrons. The molecule has 0 amide bonds. The molecular formula is C20H22BO6. The van der Waals surface area contributed by atoms with E-state index in [0.717, 1.165) is 7.69 Å². The first kappa shape index (κ1) is 20.4. The Kier molecular flexibility index (Phi) is 5.83. The Hall–Kier alpha value is -2.96. The molecule has 0 fully saturated rings. The zero-order valence-electron chi connectivity index (χ0n) is 15.7. The third-order valence-corrected chi connectivity index (χ3v) is 4.54. The molecule has 0 aliphatic carbocycles. The summed E-state index contributed by atoms with van der Waals surface area (Å²) in [5.74, 6) is -1.26. The average molecular weight is 369 g/mol. The molecule has 0 bridgehead atoms. The molecule has 0 spiro atoms. The van der Waals surface area contributed by atoms with Gasteiger partial charge in [0.1, 0.15) is 11.5 Å². The van der Waals surface area contributed by atoms with E-state index in [2.05, 4.69) is 0 Å². The summed E-state index contributed by atoms with van der Waals surface area (Å²) in [6.45, 7) is 6.35. The molecule has 7 heteroatoms. The van der Waals surface area contributed by atoms with Gasteiger partial charge >= 0.3 is 19.6 Å². The van der Waals surface area contributed by atoms with Crippen molar-refractivity contribution in [2.75, 3.05) is 0 Å². The second-order valence-corrected chi connectivity index (χ2v) is 7.18. The SMILES string of the molecule is CC(C)(C(=O)O)c1ccccc1O[B]Oc1ccccc1C(C)(C)C(=O)O. The van der Waals surface area contributed by atoms with E-state index < -0.39 is 22.8 Å². The van der Waals surface area contributed by atoms with Crippen LogP contribution in [0.1, 0.15) is 38.8 Å². The van der Waals surface area contributed by atoms with Crippen LogP contribution in [0.15, 0.2) is 48.5 Å². The van der Waals surface area contributed by atoms with Crippen molar-refractivity contribution in [1.82, 2.24) is 0 Å². The number of rotatable bonds is 8. The minimum atomic E-state index is -1.15. The van der Waals surface area contributed by atoms with Crippen molar-refractivity contribution in [3.05, 3.63) is 59.7 Å². The van der Waals surface area contributed by atoms with Gasteiger partial charge in [0.25, 0.3) is 0 Å². The summed E-state index contributed by atoms with van der Waals surface area (Å²) in [5.41, 5.74) is -1.30. The van der Waals surface area contributed by atoms with Gasteiger partial charge in [-0.3, -0.25) is 9.59 Å². The third kappa shape index (κ3) is 4.24. The topological polar surface area (TPSA) is 93.1 Å². The van der Waals surface area contributed by atoms with Crippen LogP contribution in [0, 0.1) is 0 Å². The second-order valence-electron chi connectivity index (χ2n) is 7.18. The molecule has 0 saturated heterocycles. The van der Waals surface area contributed by atoms with Gasteiger partial charge in [-0.05, 0) is 39.8 Å². The van der Waals surface area contributed by atoms with E-state index in [1.165, 1.54) is 0 Å². The maximum Gasteiger partial charge on any atom is 0.658 e. The van der Waals surface area contributed by atoms with Crippen LogP contribution < -0.4 is 9.31 Å². The number of carboxylic acids is 2. The Bertz CT molecular complexity index is 774. The highest BCUT2D eigenvalue weighted by Gasteiger charge is 2.34. The fourth-order valence-corrected chi connectivity index (χ4v) is 2.53. The van der Waals surface area contributed by atoms with Gasteiger partial charge in [-0.2, -0.15) is 0 Å². The van der Waals surface area contributed by atoms with Gasteiger partial charge in [-0.15, -0.1) is 0 Å². The van der Waals surface area contributed by atoms with Crippen molar-refractivity contribution in [3.63, 3.8) is 0 Å². The minimum Gasteiger partial charge on any atom is -0.526 e. The van der Waals surface area contributed by atoms with E-state index in [0.29, 0.717) is 22.6 Å². The first-order valence-electron chi connectivity index (χ1n) is 8.39. The van der Waals surface area contributed by atoms with E-state index in [4.69, 9.17) is 9.31 Å².